The first-order chi connectivity index (χ1) is 14.7. The number of likely N-dealkylation sites (N-methyl/N-ethyl adjacent to an activating group) is 2. The number of aryl methyl sites for hydroxylation is 1. The van der Waals surface area contributed by atoms with E-state index < -0.39 is 22.0 Å². The van der Waals surface area contributed by atoms with E-state index in [1.165, 1.54) is 0 Å². The second-order valence-corrected chi connectivity index (χ2v) is 9.02. The Kier molecular flexibility index (Phi) is 11.9. The van der Waals surface area contributed by atoms with Crippen LogP contribution in [0.25, 0.3) is 0 Å². The molecule has 5 N–H and O–H groups in total. The van der Waals surface area contributed by atoms with Crippen LogP contribution in [0.1, 0.15) is 24.0 Å². The number of hydrogen-bond acceptors (Lipinski definition) is 8. The van der Waals surface area contributed by atoms with Crippen molar-refractivity contribution < 1.29 is 22.8 Å². The molecule has 0 saturated carbocycles. The number of sulfonamides is 1. The van der Waals surface area contributed by atoms with Gasteiger partial charge in [0.25, 0.3) is 0 Å². The predicted octanol–water partition coefficient (Wildman–Crippen LogP) is -1.20. The van der Waals surface area contributed by atoms with Gasteiger partial charge in [-0.05, 0) is 33.0 Å². The lowest BCUT2D eigenvalue weighted by Gasteiger charge is -2.14. The van der Waals surface area contributed by atoms with Crippen LogP contribution in [0.4, 0.5) is 0 Å². The minimum atomic E-state index is -3.86. The molecular formula is C20H33N5O5S. The van der Waals surface area contributed by atoms with Crippen LogP contribution in [0.3, 0.4) is 0 Å². The number of carbonyl (C=O) groups is 3. The highest BCUT2D eigenvalue weighted by Crippen LogP contribution is 2.03. The van der Waals surface area contributed by atoms with E-state index in [1.54, 1.807) is 14.1 Å². The average molecular weight is 456 g/mol. The van der Waals surface area contributed by atoms with Gasteiger partial charge in [-0.25, -0.2) is 8.42 Å². The highest BCUT2D eigenvalue weighted by molar-refractivity contribution is 7.90. The van der Waals surface area contributed by atoms with Crippen molar-refractivity contribution in [2.24, 2.45) is 0 Å². The molecule has 0 heterocycles. The van der Waals surface area contributed by atoms with E-state index >= 15 is 0 Å². The van der Waals surface area contributed by atoms with Crippen LogP contribution in [0.5, 0.6) is 0 Å². The summed E-state index contributed by atoms with van der Waals surface area (Å²) in [5.74, 6) is -1.52. The summed E-state index contributed by atoms with van der Waals surface area (Å²) < 4.78 is 25.9. The quantitative estimate of drug-likeness (QED) is 0.222. The third kappa shape index (κ3) is 11.6. The minimum absolute atomic E-state index is 0.0323. The normalized spacial score (nSPS) is 12.2. The van der Waals surface area contributed by atoms with Crippen LogP contribution >= 0.6 is 0 Å². The highest BCUT2D eigenvalue weighted by Gasteiger charge is 2.17. The van der Waals surface area contributed by atoms with Crippen molar-refractivity contribution in [2.45, 2.75) is 32.4 Å². The van der Waals surface area contributed by atoms with E-state index in [0.29, 0.717) is 13.1 Å². The van der Waals surface area contributed by atoms with Crippen LogP contribution in [0.2, 0.25) is 0 Å². The molecule has 11 heteroatoms. The van der Waals surface area contributed by atoms with E-state index in [2.05, 4.69) is 21.3 Å². The van der Waals surface area contributed by atoms with Crippen LogP contribution < -0.4 is 26.0 Å². The van der Waals surface area contributed by atoms with Gasteiger partial charge in [0.2, 0.25) is 21.8 Å². The van der Waals surface area contributed by atoms with Crippen molar-refractivity contribution >= 4 is 27.6 Å². The molecule has 2 amide bonds. The fourth-order valence-corrected chi connectivity index (χ4v) is 3.73. The molecule has 0 spiro atoms. The summed E-state index contributed by atoms with van der Waals surface area (Å²) in [5, 5.41) is 11.1. The SMILES string of the molecule is CNCC(NC)C(=O)CNCC(=O)NS(=O)(=O)CCCC(=O)NCc1ccc(C)cc1. The molecule has 0 saturated heterocycles. The molecule has 0 aliphatic heterocycles. The lowest BCUT2D eigenvalue weighted by molar-refractivity contribution is -0.122. The Morgan fingerprint density at radius 1 is 1.00 bits per heavy atom. The number of hydrogen-bond donors (Lipinski definition) is 5. The maximum absolute atomic E-state index is 12.0. The first kappa shape index (κ1) is 26.7. The molecule has 174 valence electrons. The molecule has 1 unspecified atom stereocenters. The molecule has 1 aromatic rings. The number of ketones is 1. The summed E-state index contributed by atoms with van der Waals surface area (Å²) >= 11 is 0. The molecule has 0 aromatic heterocycles. The molecule has 1 aromatic carbocycles. The fourth-order valence-electron chi connectivity index (χ4n) is 2.68. The summed E-state index contributed by atoms with van der Waals surface area (Å²) in [6.07, 6.45) is 0.118. The largest absolute Gasteiger partial charge is 0.352 e. The second-order valence-electron chi connectivity index (χ2n) is 7.18. The summed E-state index contributed by atoms with van der Waals surface area (Å²) in [5.41, 5.74) is 2.08. The molecule has 1 rings (SSSR count). The standard InChI is InChI=1S/C20H33N5O5S/c1-15-6-8-16(9-7-15)11-24-19(27)5-4-10-31(29,30)25-20(28)14-23-13-18(26)17(22-3)12-21-2/h6-9,17,21-23H,4-5,10-14H2,1-3H3,(H,24,27)(H,25,28). The molecular weight excluding hydrogens is 422 g/mol. The summed E-state index contributed by atoms with van der Waals surface area (Å²) in [6, 6.07) is 7.32. The van der Waals surface area contributed by atoms with E-state index in [-0.39, 0.29) is 43.4 Å². The van der Waals surface area contributed by atoms with Gasteiger partial charge in [0.1, 0.15) is 0 Å². The van der Waals surface area contributed by atoms with Crippen molar-refractivity contribution in [1.29, 1.82) is 0 Å². The van der Waals surface area contributed by atoms with E-state index in [1.807, 2.05) is 35.9 Å². The van der Waals surface area contributed by atoms with Gasteiger partial charge in [-0.3, -0.25) is 19.1 Å². The number of benzene rings is 1. The van der Waals surface area contributed by atoms with E-state index in [0.717, 1.165) is 11.1 Å². The molecule has 1 atom stereocenters. The lowest BCUT2D eigenvalue weighted by atomic mass is 10.1. The van der Waals surface area contributed by atoms with Crippen LogP contribution in [0.15, 0.2) is 24.3 Å². The first-order valence-corrected chi connectivity index (χ1v) is 11.7. The van der Waals surface area contributed by atoms with E-state index in [9.17, 15) is 22.8 Å². The summed E-state index contributed by atoms with van der Waals surface area (Å²) in [4.78, 5) is 35.6. The Balaban J connectivity index is 2.26. The Morgan fingerprint density at radius 3 is 2.29 bits per heavy atom. The number of nitrogens with one attached hydrogen (secondary N) is 5. The topological polar surface area (TPSA) is 145 Å². The minimum Gasteiger partial charge on any atom is -0.352 e. The Morgan fingerprint density at radius 2 is 1.68 bits per heavy atom. The van der Waals surface area contributed by atoms with Gasteiger partial charge < -0.3 is 21.3 Å². The third-order valence-corrected chi connectivity index (χ3v) is 5.79. The maximum atomic E-state index is 12.0. The smallest absolute Gasteiger partial charge is 0.247 e. The Hall–Kier alpha value is -2.34. The summed E-state index contributed by atoms with van der Waals surface area (Å²) in [7, 11) is -0.481. The third-order valence-electron chi connectivity index (χ3n) is 4.43. The van der Waals surface area contributed by atoms with Crippen molar-refractivity contribution in [3.8, 4) is 0 Å². The first-order valence-electron chi connectivity index (χ1n) is 10.1. The fraction of sp³-hybridized carbons (Fsp3) is 0.550. The van der Waals surface area contributed by atoms with Gasteiger partial charge in [0.15, 0.2) is 5.78 Å². The zero-order valence-corrected chi connectivity index (χ0v) is 19.1. The molecule has 0 aliphatic carbocycles. The molecule has 0 fully saturated rings. The van der Waals surface area contributed by atoms with Gasteiger partial charge in [0, 0.05) is 19.5 Å². The van der Waals surface area contributed by atoms with Crippen LogP contribution in [-0.2, 0) is 31.0 Å². The van der Waals surface area contributed by atoms with Gasteiger partial charge in [-0.1, -0.05) is 29.8 Å². The zero-order chi connectivity index (χ0) is 23.3. The maximum Gasteiger partial charge on any atom is 0.247 e. The van der Waals surface area contributed by atoms with Gasteiger partial charge in [0.05, 0.1) is 24.9 Å². The lowest BCUT2D eigenvalue weighted by Crippen LogP contribution is -2.47. The average Bonchev–Trinajstić information content (AvgIpc) is 2.70. The van der Waals surface area contributed by atoms with Crippen molar-refractivity contribution in [2.75, 3.05) is 39.5 Å². The van der Waals surface area contributed by atoms with Gasteiger partial charge >= 0.3 is 0 Å². The van der Waals surface area contributed by atoms with Gasteiger partial charge in [-0.2, -0.15) is 0 Å². The number of amides is 2. The number of rotatable bonds is 15. The van der Waals surface area contributed by atoms with Crippen LogP contribution in [-0.4, -0.2) is 71.5 Å². The molecule has 10 nitrogen and oxygen atoms in total. The van der Waals surface area contributed by atoms with Crippen molar-refractivity contribution in [3.05, 3.63) is 35.4 Å². The zero-order valence-electron chi connectivity index (χ0n) is 18.3. The predicted molar refractivity (Wildman–Crippen MR) is 119 cm³/mol. The Labute approximate surface area is 184 Å². The molecule has 0 radical (unpaired) electrons. The monoisotopic (exact) mass is 455 g/mol. The van der Waals surface area contributed by atoms with Gasteiger partial charge in [-0.15, -0.1) is 0 Å². The number of carbonyl (C=O) groups excluding carboxylic acids is 3. The molecule has 0 bridgehead atoms. The summed E-state index contributed by atoms with van der Waals surface area (Å²) in [6.45, 7) is 2.41. The highest BCUT2D eigenvalue weighted by atomic mass is 32.2. The number of Topliss-reactive ketones (excluding diaryl/α,β-unsaturated/α-hetero) is 1. The second kappa shape index (κ2) is 13.9. The van der Waals surface area contributed by atoms with E-state index in [4.69, 9.17) is 0 Å². The molecule has 0 aliphatic rings. The molecule has 31 heavy (non-hydrogen) atoms. The van der Waals surface area contributed by atoms with Crippen molar-refractivity contribution in [1.82, 2.24) is 26.0 Å². The Bertz CT molecular complexity index is 827. The van der Waals surface area contributed by atoms with Crippen molar-refractivity contribution in [3.63, 3.8) is 0 Å². The van der Waals surface area contributed by atoms with Crippen LogP contribution in [0, 0.1) is 6.92 Å².